The van der Waals surface area contributed by atoms with E-state index in [4.69, 9.17) is 10.7 Å². The zero-order valence-electron chi connectivity index (χ0n) is 19.8. The number of anilines is 1. The van der Waals surface area contributed by atoms with Crippen LogP contribution in [0.15, 0.2) is 41.7 Å². The minimum atomic E-state index is -0.279. The molecule has 1 amide bonds. The topological polar surface area (TPSA) is 106 Å². The predicted octanol–water partition coefficient (Wildman–Crippen LogP) is 3.21. The number of aryl methyl sites for hydroxylation is 1. The number of fused-ring (bicyclic) bond motifs is 6. The highest BCUT2D eigenvalue weighted by Gasteiger charge is 2.28. The second kappa shape index (κ2) is 9.90. The van der Waals surface area contributed by atoms with Crippen molar-refractivity contribution in [3.05, 3.63) is 57.7 Å². The monoisotopic (exact) mass is 478 g/mol. The van der Waals surface area contributed by atoms with E-state index in [0.29, 0.717) is 47.5 Å². The zero-order chi connectivity index (χ0) is 24.4. The summed E-state index contributed by atoms with van der Waals surface area (Å²) in [6, 6.07) is 7.87. The molecule has 178 valence electrons. The Morgan fingerprint density at radius 2 is 2.06 bits per heavy atom. The SMILES string of the molecule is C=CC.CN(C)CCNc1nn2c(=O)c3c4c(sc3nc2c2ccccc12)CC(C(N)=O)CC4. The number of aromatic nitrogens is 3. The lowest BCUT2D eigenvalue weighted by Crippen LogP contribution is -2.28. The Kier molecular flexibility index (Phi) is 6.95. The molecule has 1 aliphatic carbocycles. The maximum Gasteiger partial charge on any atom is 0.283 e. The molecule has 0 fully saturated rings. The van der Waals surface area contributed by atoms with E-state index < -0.39 is 0 Å². The molecule has 3 aromatic heterocycles. The van der Waals surface area contributed by atoms with E-state index in [1.165, 1.54) is 15.9 Å². The molecule has 3 heterocycles. The Labute approximate surface area is 202 Å². The molecule has 0 spiro atoms. The van der Waals surface area contributed by atoms with Crippen molar-refractivity contribution in [3.63, 3.8) is 0 Å². The van der Waals surface area contributed by atoms with Gasteiger partial charge in [0, 0.05) is 34.7 Å². The fourth-order valence-electron chi connectivity index (χ4n) is 4.29. The van der Waals surface area contributed by atoms with Gasteiger partial charge in [-0.15, -0.1) is 23.0 Å². The average Bonchev–Trinajstić information content (AvgIpc) is 3.18. The van der Waals surface area contributed by atoms with Crippen molar-refractivity contribution in [2.75, 3.05) is 32.5 Å². The lowest BCUT2D eigenvalue weighted by molar-refractivity contribution is -0.122. The first-order valence-corrected chi connectivity index (χ1v) is 12.2. The highest BCUT2D eigenvalue weighted by Crippen LogP contribution is 2.36. The van der Waals surface area contributed by atoms with Gasteiger partial charge in [0.15, 0.2) is 11.5 Å². The number of thiophene rings is 1. The molecular formula is C25H30N6O2S. The zero-order valence-corrected chi connectivity index (χ0v) is 20.6. The summed E-state index contributed by atoms with van der Waals surface area (Å²) in [5.74, 6) is 0.217. The van der Waals surface area contributed by atoms with Crippen LogP contribution in [0.3, 0.4) is 0 Å². The molecule has 0 aliphatic heterocycles. The summed E-state index contributed by atoms with van der Waals surface area (Å²) >= 11 is 1.50. The first-order valence-electron chi connectivity index (χ1n) is 11.4. The summed E-state index contributed by atoms with van der Waals surface area (Å²) in [5, 5.41) is 10.5. The van der Waals surface area contributed by atoms with Crippen LogP contribution in [0.1, 0.15) is 23.8 Å². The van der Waals surface area contributed by atoms with Gasteiger partial charge in [-0.2, -0.15) is 4.52 Å². The van der Waals surface area contributed by atoms with Crippen LogP contribution in [0.2, 0.25) is 0 Å². The van der Waals surface area contributed by atoms with Crippen LogP contribution in [-0.4, -0.2) is 52.6 Å². The van der Waals surface area contributed by atoms with E-state index in [1.807, 2.05) is 45.3 Å². The molecule has 1 atom stereocenters. The number of carbonyl (C=O) groups excluding carboxylic acids is 1. The number of amides is 1. The van der Waals surface area contributed by atoms with Crippen molar-refractivity contribution in [1.82, 2.24) is 19.5 Å². The highest BCUT2D eigenvalue weighted by molar-refractivity contribution is 7.18. The number of primary amides is 1. The van der Waals surface area contributed by atoms with Gasteiger partial charge in [-0.05, 0) is 45.8 Å². The number of rotatable bonds is 5. The summed E-state index contributed by atoms with van der Waals surface area (Å²) in [5.41, 5.74) is 6.93. The van der Waals surface area contributed by atoms with Gasteiger partial charge >= 0.3 is 0 Å². The molecule has 34 heavy (non-hydrogen) atoms. The number of hydrogen-bond acceptors (Lipinski definition) is 7. The molecule has 9 heteroatoms. The van der Waals surface area contributed by atoms with Crippen LogP contribution in [0, 0.1) is 5.92 Å². The fourth-order valence-corrected chi connectivity index (χ4v) is 5.58. The molecule has 5 rings (SSSR count). The van der Waals surface area contributed by atoms with Gasteiger partial charge in [-0.1, -0.05) is 30.3 Å². The van der Waals surface area contributed by atoms with Gasteiger partial charge < -0.3 is 16.0 Å². The normalized spacial score (nSPS) is 15.2. The molecule has 3 N–H and O–H groups in total. The number of allylic oxidation sites excluding steroid dienone is 1. The first kappa shape index (κ1) is 23.8. The van der Waals surface area contributed by atoms with Crippen molar-refractivity contribution in [2.24, 2.45) is 11.7 Å². The Bertz CT molecular complexity index is 1440. The van der Waals surface area contributed by atoms with Gasteiger partial charge in [-0.25, -0.2) is 4.98 Å². The van der Waals surface area contributed by atoms with Gasteiger partial charge in [0.25, 0.3) is 5.56 Å². The quantitative estimate of drug-likeness (QED) is 0.337. The Hall–Kier alpha value is -3.30. The van der Waals surface area contributed by atoms with Crippen LogP contribution >= 0.6 is 11.3 Å². The second-order valence-corrected chi connectivity index (χ2v) is 9.79. The van der Waals surface area contributed by atoms with Crippen LogP contribution in [-0.2, 0) is 17.6 Å². The van der Waals surface area contributed by atoms with Gasteiger partial charge in [0.1, 0.15) is 4.83 Å². The van der Waals surface area contributed by atoms with E-state index in [9.17, 15) is 9.59 Å². The van der Waals surface area contributed by atoms with Crippen molar-refractivity contribution < 1.29 is 4.79 Å². The number of nitrogens with two attached hydrogens (primary N) is 1. The minimum Gasteiger partial charge on any atom is -0.369 e. The Morgan fingerprint density at radius 1 is 1.35 bits per heavy atom. The number of carbonyl (C=O) groups is 1. The molecule has 1 aromatic carbocycles. The number of likely N-dealkylation sites (N-methyl/N-ethyl adjacent to an activating group) is 1. The number of benzene rings is 1. The van der Waals surface area contributed by atoms with E-state index in [-0.39, 0.29) is 17.4 Å². The standard InChI is InChI=1S/C22H24N6O2S.C3H6/c1-27(2)10-9-24-19-13-5-3-4-6-14(13)20-25-21-17(22(30)28(20)26-19)15-8-7-12(18(23)29)11-16(15)31-21;1-3-2/h3-6,12H,7-11H2,1-2H3,(H2,23,29)(H,24,26);3H,1H2,2H3. The molecular weight excluding hydrogens is 448 g/mol. The Balaban J connectivity index is 0.000000868. The molecule has 4 aromatic rings. The maximum absolute atomic E-state index is 13.6. The molecule has 1 unspecified atom stereocenters. The Morgan fingerprint density at radius 3 is 2.74 bits per heavy atom. The largest absolute Gasteiger partial charge is 0.369 e. The predicted molar refractivity (Wildman–Crippen MR) is 140 cm³/mol. The molecule has 0 saturated carbocycles. The molecule has 0 saturated heterocycles. The lowest BCUT2D eigenvalue weighted by atomic mass is 9.87. The van der Waals surface area contributed by atoms with Crippen molar-refractivity contribution in [3.8, 4) is 0 Å². The van der Waals surface area contributed by atoms with Crippen molar-refractivity contribution in [1.29, 1.82) is 0 Å². The van der Waals surface area contributed by atoms with Gasteiger partial charge in [0.05, 0.1) is 5.39 Å². The maximum atomic E-state index is 13.6. The number of hydrogen-bond donors (Lipinski definition) is 2. The summed E-state index contributed by atoms with van der Waals surface area (Å²) in [6.07, 6.45) is 3.66. The third kappa shape index (κ3) is 4.41. The summed E-state index contributed by atoms with van der Waals surface area (Å²) in [4.78, 5) is 33.9. The average molecular weight is 479 g/mol. The van der Waals surface area contributed by atoms with Crippen LogP contribution in [0.4, 0.5) is 5.82 Å². The van der Waals surface area contributed by atoms with Gasteiger partial charge in [0.2, 0.25) is 5.91 Å². The van der Waals surface area contributed by atoms with Crippen LogP contribution in [0.25, 0.3) is 26.6 Å². The van der Waals surface area contributed by atoms with Crippen molar-refractivity contribution >= 4 is 49.7 Å². The summed E-state index contributed by atoms with van der Waals surface area (Å²) < 4.78 is 1.43. The smallest absolute Gasteiger partial charge is 0.283 e. The second-order valence-electron chi connectivity index (χ2n) is 8.71. The summed E-state index contributed by atoms with van der Waals surface area (Å²) in [6.45, 7) is 6.81. The van der Waals surface area contributed by atoms with E-state index >= 15 is 0 Å². The third-order valence-corrected chi connectivity index (χ3v) is 7.09. The molecule has 1 aliphatic rings. The van der Waals surface area contributed by atoms with Crippen LogP contribution in [0.5, 0.6) is 0 Å². The number of nitrogens with one attached hydrogen (secondary N) is 1. The first-order chi connectivity index (χ1) is 16.3. The highest BCUT2D eigenvalue weighted by atomic mass is 32.1. The fraction of sp³-hybridized carbons (Fsp3) is 0.360. The van der Waals surface area contributed by atoms with E-state index in [2.05, 4.69) is 21.9 Å². The van der Waals surface area contributed by atoms with Crippen molar-refractivity contribution in [2.45, 2.75) is 26.2 Å². The molecule has 0 radical (unpaired) electrons. The third-order valence-electron chi connectivity index (χ3n) is 5.94. The molecule has 0 bridgehead atoms. The number of nitrogens with zero attached hydrogens (tertiary/aromatic N) is 4. The van der Waals surface area contributed by atoms with Crippen LogP contribution < -0.4 is 16.6 Å². The lowest BCUT2D eigenvalue weighted by Gasteiger charge is -2.18. The van der Waals surface area contributed by atoms with Gasteiger partial charge in [-0.3, -0.25) is 9.59 Å². The van der Waals surface area contributed by atoms with E-state index in [0.717, 1.165) is 27.8 Å². The molecule has 8 nitrogen and oxygen atoms in total. The minimum absolute atomic E-state index is 0.156. The summed E-state index contributed by atoms with van der Waals surface area (Å²) in [7, 11) is 4.03. The van der Waals surface area contributed by atoms with E-state index in [1.54, 1.807) is 6.08 Å².